The summed E-state index contributed by atoms with van der Waals surface area (Å²) in [6, 6.07) is 6.83. The largest absolute Gasteiger partial charge is 0.354 e. The van der Waals surface area contributed by atoms with Gasteiger partial charge in [0.25, 0.3) is 15.9 Å². The molecule has 0 atom stereocenters. The van der Waals surface area contributed by atoms with Crippen molar-refractivity contribution in [1.82, 2.24) is 19.5 Å². The first-order chi connectivity index (χ1) is 14.7. The van der Waals surface area contributed by atoms with E-state index in [0.29, 0.717) is 20.6 Å². The predicted octanol–water partition coefficient (Wildman–Crippen LogP) is 2.71. The van der Waals surface area contributed by atoms with Gasteiger partial charge in [-0.15, -0.1) is 22.7 Å². The fourth-order valence-corrected chi connectivity index (χ4v) is 7.54. The summed E-state index contributed by atoms with van der Waals surface area (Å²) in [4.78, 5) is 31.0. The molecule has 0 radical (unpaired) electrons. The molecular weight excluding hydrogens is 480 g/mol. The van der Waals surface area contributed by atoms with Crippen molar-refractivity contribution in [1.29, 1.82) is 0 Å². The van der Waals surface area contributed by atoms with Crippen molar-refractivity contribution >= 4 is 66.2 Å². The van der Waals surface area contributed by atoms with Crippen LogP contribution in [-0.2, 0) is 21.4 Å². The number of fused-ring (bicyclic) bond motifs is 1. The van der Waals surface area contributed by atoms with Crippen molar-refractivity contribution in [3.8, 4) is 0 Å². The smallest absolute Gasteiger partial charge is 0.263 e. The number of thiazole rings is 1. The number of carbonyl (C=O) groups excluding carboxylic acids is 2. The maximum atomic E-state index is 13.1. The molecule has 2 aromatic heterocycles. The molecule has 1 aliphatic rings. The van der Waals surface area contributed by atoms with E-state index < -0.39 is 10.0 Å². The van der Waals surface area contributed by atoms with E-state index in [0.717, 1.165) is 21.4 Å². The Morgan fingerprint density at radius 3 is 2.74 bits per heavy atom. The summed E-state index contributed by atoms with van der Waals surface area (Å²) in [6.07, 6.45) is 0. The lowest BCUT2D eigenvalue weighted by molar-refractivity contribution is -0.134. The molecule has 1 N–H and O–H groups in total. The number of hydrogen-bond acceptors (Lipinski definition) is 7. The van der Waals surface area contributed by atoms with Gasteiger partial charge in [-0.3, -0.25) is 9.59 Å². The summed E-state index contributed by atoms with van der Waals surface area (Å²) in [6.45, 7) is 2.20. The van der Waals surface area contributed by atoms with E-state index in [1.165, 1.54) is 15.6 Å². The minimum absolute atomic E-state index is 0.190. The number of nitrogens with zero attached hydrogens (tertiary/aromatic N) is 3. The average Bonchev–Trinajstić information content (AvgIpc) is 3.32. The molecule has 0 aliphatic carbocycles. The van der Waals surface area contributed by atoms with E-state index in [1.807, 2.05) is 0 Å². The van der Waals surface area contributed by atoms with Crippen LogP contribution in [0.2, 0.25) is 5.02 Å². The number of aromatic nitrogens is 1. The third-order valence-corrected chi connectivity index (χ3v) is 9.71. The van der Waals surface area contributed by atoms with E-state index in [9.17, 15) is 18.0 Å². The molecule has 0 spiro atoms. The number of carbonyl (C=O) groups is 2. The van der Waals surface area contributed by atoms with Crippen molar-refractivity contribution in [3.63, 3.8) is 0 Å². The number of nitrogens with one attached hydrogen (secondary N) is 1. The zero-order chi connectivity index (χ0) is 22.3. The van der Waals surface area contributed by atoms with Crippen molar-refractivity contribution < 1.29 is 18.0 Å². The van der Waals surface area contributed by atoms with Gasteiger partial charge in [-0.05, 0) is 30.5 Å². The van der Waals surface area contributed by atoms with Gasteiger partial charge >= 0.3 is 0 Å². The number of rotatable bonds is 5. The highest BCUT2D eigenvalue weighted by atomic mass is 35.5. The molecule has 0 bridgehead atoms. The summed E-state index contributed by atoms with van der Waals surface area (Å²) < 4.78 is 28.4. The summed E-state index contributed by atoms with van der Waals surface area (Å²) in [5.41, 5.74) is 0.609. The van der Waals surface area contributed by atoms with Gasteiger partial charge in [-0.1, -0.05) is 17.7 Å². The number of thiophene rings is 1. The van der Waals surface area contributed by atoms with Crippen LogP contribution in [0.5, 0.6) is 0 Å². The van der Waals surface area contributed by atoms with Crippen LogP contribution in [0.1, 0.15) is 20.4 Å². The first-order valence-electron chi connectivity index (χ1n) is 9.34. The van der Waals surface area contributed by atoms with Gasteiger partial charge in [0.05, 0.1) is 18.8 Å². The van der Waals surface area contributed by atoms with Crippen LogP contribution in [0.4, 0.5) is 0 Å². The first kappa shape index (κ1) is 22.2. The van der Waals surface area contributed by atoms with E-state index in [1.54, 1.807) is 43.1 Å². The molecule has 0 saturated carbocycles. The minimum Gasteiger partial charge on any atom is -0.354 e. The fourth-order valence-electron chi connectivity index (χ4n) is 3.30. The number of sulfonamides is 1. The van der Waals surface area contributed by atoms with Crippen LogP contribution in [0, 0.1) is 6.92 Å². The normalized spacial score (nSPS) is 15.6. The summed E-state index contributed by atoms with van der Waals surface area (Å²) in [5.74, 6) is -0.513. The van der Waals surface area contributed by atoms with Crippen molar-refractivity contribution in [2.24, 2.45) is 0 Å². The first-order valence-corrected chi connectivity index (χ1v) is 12.8. The second kappa shape index (κ2) is 8.47. The van der Waals surface area contributed by atoms with E-state index in [4.69, 9.17) is 11.6 Å². The Labute approximate surface area is 192 Å². The Bertz CT molecular complexity index is 1280. The molecule has 3 aromatic rings. The third-order valence-electron chi connectivity index (χ3n) is 4.94. The molecule has 31 heavy (non-hydrogen) atoms. The Kier molecular flexibility index (Phi) is 6.05. The van der Waals surface area contributed by atoms with E-state index in [2.05, 4.69) is 10.3 Å². The molecular formula is C19H19ClN4O4S3. The number of aryl methyl sites for hydroxylation is 1. The molecule has 2 amide bonds. The number of hydrogen-bond donors (Lipinski definition) is 1. The van der Waals surface area contributed by atoms with Gasteiger partial charge in [0.1, 0.15) is 14.1 Å². The average molecular weight is 499 g/mol. The lowest BCUT2D eigenvalue weighted by Crippen LogP contribution is -2.51. The van der Waals surface area contributed by atoms with E-state index in [-0.39, 0.29) is 42.2 Å². The fraction of sp³-hybridized carbons (Fsp3) is 0.316. The molecule has 1 fully saturated rings. The highest BCUT2D eigenvalue weighted by Gasteiger charge is 2.34. The monoisotopic (exact) mass is 498 g/mol. The zero-order valence-corrected chi connectivity index (χ0v) is 19.9. The SMILES string of the molecule is CNC(=O)c1sc(CN2CCN(S(=O)(=O)c3cc4ccc(Cl)cc4s3)CC2=O)nc1C. The van der Waals surface area contributed by atoms with Crippen LogP contribution >= 0.6 is 34.3 Å². The molecule has 4 rings (SSSR count). The highest BCUT2D eigenvalue weighted by Crippen LogP contribution is 2.33. The number of halogens is 1. The maximum Gasteiger partial charge on any atom is 0.263 e. The quantitative estimate of drug-likeness (QED) is 0.583. The number of benzene rings is 1. The third kappa shape index (κ3) is 4.33. The Morgan fingerprint density at radius 1 is 1.26 bits per heavy atom. The lowest BCUT2D eigenvalue weighted by atomic mass is 10.3. The van der Waals surface area contributed by atoms with Gasteiger partial charge in [0, 0.05) is 29.9 Å². The van der Waals surface area contributed by atoms with Crippen LogP contribution in [0.15, 0.2) is 28.5 Å². The summed E-state index contributed by atoms with van der Waals surface area (Å²) >= 11 is 8.38. The second-order valence-corrected chi connectivity index (χ2v) is 11.8. The molecule has 1 aliphatic heterocycles. The summed E-state index contributed by atoms with van der Waals surface area (Å²) in [7, 11) is -2.24. The van der Waals surface area contributed by atoms with Gasteiger partial charge in [-0.2, -0.15) is 4.31 Å². The van der Waals surface area contributed by atoms with Crippen LogP contribution < -0.4 is 5.32 Å². The van der Waals surface area contributed by atoms with Crippen LogP contribution in [0.25, 0.3) is 10.1 Å². The zero-order valence-electron chi connectivity index (χ0n) is 16.7. The molecule has 8 nitrogen and oxygen atoms in total. The molecule has 1 saturated heterocycles. The van der Waals surface area contributed by atoms with Crippen molar-refractivity contribution in [2.45, 2.75) is 17.7 Å². The predicted molar refractivity (Wildman–Crippen MR) is 121 cm³/mol. The van der Waals surface area contributed by atoms with Crippen LogP contribution in [0.3, 0.4) is 0 Å². The van der Waals surface area contributed by atoms with Crippen molar-refractivity contribution in [2.75, 3.05) is 26.7 Å². The standard InChI is InChI=1S/C19H19ClN4O4S3/c1-11-18(19(26)21-2)30-15(22-11)9-23-5-6-24(10-16(23)25)31(27,28)17-7-12-3-4-13(20)8-14(12)29-17/h3-4,7-8H,5-6,9-10H2,1-2H3,(H,21,26). The minimum atomic E-state index is -3.79. The maximum absolute atomic E-state index is 13.1. The van der Waals surface area contributed by atoms with Gasteiger partial charge in [-0.25, -0.2) is 13.4 Å². The Morgan fingerprint density at radius 2 is 2.03 bits per heavy atom. The number of amides is 2. The molecule has 12 heteroatoms. The van der Waals surface area contributed by atoms with Crippen molar-refractivity contribution in [3.05, 3.63) is 44.9 Å². The molecule has 164 valence electrons. The Hall–Kier alpha value is -2.05. The number of piperazine rings is 1. The lowest BCUT2D eigenvalue weighted by Gasteiger charge is -2.32. The molecule has 0 unspecified atom stereocenters. The summed E-state index contributed by atoms with van der Waals surface area (Å²) in [5, 5.41) is 4.55. The van der Waals surface area contributed by atoms with Gasteiger partial charge < -0.3 is 10.2 Å². The highest BCUT2D eigenvalue weighted by molar-refractivity contribution is 7.91. The molecule has 1 aromatic carbocycles. The van der Waals surface area contributed by atoms with Gasteiger partial charge in [0.15, 0.2) is 0 Å². The Balaban J connectivity index is 1.48. The van der Waals surface area contributed by atoms with Gasteiger partial charge in [0.2, 0.25) is 5.91 Å². The second-order valence-electron chi connectivity index (χ2n) is 7.00. The van der Waals surface area contributed by atoms with E-state index >= 15 is 0 Å². The molecule has 3 heterocycles. The van der Waals surface area contributed by atoms with Crippen LogP contribution in [-0.4, -0.2) is 61.1 Å². The topological polar surface area (TPSA) is 99.7 Å².